The molecular weight excluding hydrogens is 162 g/mol. The zero-order valence-electron chi connectivity index (χ0n) is 9.98. The lowest BCUT2D eigenvalue weighted by Gasteiger charge is -2.43. The monoisotopic (exact) mass is 187 g/mol. The van der Waals surface area contributed by atoms with E-state index in [1.54, 1.807) is 7.11 Å². The van der Waals surface area contributed by atoms with E-state index in [9.17, 15) is 0 Å². The molecule has 0 fully saturated rings. The second-order valence-corrected chi connectivity index (χ2v) is 4.82. The summed E-state index contributed by atoms with van der Waals surface area (Å²) in [5.41, 5.74) is 6.18. The number of ether oxygens (including phenoxy) is 1. The third-order valence-corrected chi connectivity index (χ3v) is 3.10. The summed E-state index contributed by atoms with van der Waals surface area (Å²) in [5, 5.41) is 0. The van der Waals surface area contributed by atoms with Gasteiger partial charge in [0, 0.05) is 13.2 Å². The van der Waals surface area contributed by atoms with Gasteiger partial charge >= 0.3 is 0 Å². The Kier molecular flexibility index (Phi) is 4.40. The average molecular weight is 187 g/mol. The molecule has 0 spiro atoms. The first-order valence-electron chi connectivity index (χ1n) is 5.14. The number of rotatable bonds is 4. The molecule has 0 aliphatic carbocycles. The third-order valence-electron chi connectivity index (χ3n) is 3.10. The van der Waals surface area contributed by atoms with Gasteiger partial charge in [0.1, 0.15) is 0 Å². The molecule has 0 aliphatic rings. The van der Waals surface area contributed by atoms with Crippen molar-refractivity contribution >= 4 is 0 Å². The van der Waals surface area contributed by atoms with E-state index in [1.807, 2.05) is 0 Å². The van der Waals surface area contributed by atoms with E-state index in [4.69, 9.17) is 10.5 Å². The fraction of sp³-hybridized carbons (Fsp3) is 1.00. The maximum atomic E-state index is 6.24. The van der Waals surface area contributed by atoms with Crippen molar-refractivity contribution in [2.24, 2.45) is 11.1 Å². The highest BCUT2D eigenvalue weighted by Gasteiger charge is 2.39. The molecule has 0 bridgehead atoms. The smallest absolute Gasteiger partial charge is 0.0828 e. The van der Waals surface area contributed by atoms with Crippen LogP contribution in [-0.2, 0) is 4.74 Å². The van der Waals surface area contributed by atoms with Crippen LogP contribution in [0, 0.1) is 5.41 Å². The number of methoxy groups -OCH3 is 1. The van der Waals surface area contributed by atoms with E-state index in [-0.39, 0.29) is 17.1 Å². The van der Waals surface area contributed by atoms with Crippen molar-refractivity contribution in [1.29, 1.82) is 0 Å². The number of nitrogens with two attached hydrogens (primary N) is 1. The Morgan fingerprint density at radius 1 is 1.15 bits per heavy atom. The minimum Gasteiger partial charge on any atom is -0.377 e. The molecular formula is C11H25NO. The SMILES string of the molecule is CCC(CC)(OC)C(N)C(C)(C)C. The van der Waals surface area contributed by atoms with Gasteiger partial charge in [-0.25, -0.2) is 0 Å². The van der Waals surface area contributed by atoms with Crippen molar-refractivity contribution in [2.45, 2.75) is 59.1 Å². The van der Waals surface area contributed by atoms with Crippen LogP contribution in [0.5, 0.6) is 0 Å². The highest BCUT2D eigenvalue weighted by atomic mass is 16.5. The normalized spacial score (nSPS) is 15.9. The predicted molar refractivity (Wildman–Crippen MR) is 57.8 cm³/mol. The molecule has 0 heterocycles. The molecule has 0 aliphatic heterocycles. The Morgan fingerprint density at radius 3 is 1.62 bits per heavy atom. The Hall–Kier alpha value is -0.0800. The average Bonchev–Trinajstić information content (AvgIpc) is 2.07. The van der Waals surface area contributed by atoms with E-state index in [2.05, 4.69) is 34.6 Å². The summed E-state index contributed by atoms with van der Waals surface area (Å²) in [7, 11) is 1.76. The Morgan fingerprint density at radius 2 is 1.54 bits per heavy atom. The van der Waals surface area contributed by atoms with E-state index in [0.29, 0.717) is 0 Å². The molecule has 0 aromatic carbocycles. The van der Waals surface area contributed by atoms with Crippen LogP contribution in [0.2, 0.25) is 0 Å². The molecule has 13 heavy (non-hydrogen) atoms. The summed E-state index contributed by atoms with van der Waals surface area (Å²) >= 11 is 0. The van der Waals surface area contributed by atoms with E-state index >= 15 is 0 Å². The van der Waals surface area contributed by atoms with Gasteiger partial charge in [0.05, 0.1) is 5.60 Å². The largest absolute Gasteiger partial charge is 0.377 e. The van der Waals surface area contributed by atoms with Gasteiger partial charge in [0.2, 0.25) is 0 Å². The molecule has 0 aromatic rings. The molecule has 0 aromatic heterocycles. The first-order chi connectivity index (χ1) is 5.84. The van der Waals surface area contributed by atoms with Crippen LogP contribution in [0.3, 0.4) is 0 Å². The Bertz CT molecular complexity index is 136. The lowest BCUT2D eigenvalue weighted by atomic mass is 9.74. The van der Waals surface area contributed by atoms with Gasteiger partial charge < -0.3 is 10.5 Å². The van der Waals surface area contributed by atoms with Crippen LogP contribution < -0.4 is 5.73 Å². The Labute approximate surface area is 82.8 Å². The van der Waals surface area contributed by atoms with Gasteiger partial charge in [-0.05, 0) is 18.3 Å². The van der Waals surface area contributed by atoms with Crippen LogP contribution in [0.15, 0.2) is 0 Å². The van der Waals surface area contributed by atoms with Crippen molar-refractivity contribution in [3.63, 3.8) is 0 Å². The highest BCUT2D eigenvalue weighted by molar-refractivity contribution is 4.95. The van der Waals surface area contributed by atoms with Crippen molar-refractivity contribution in [2.75, 3.05) is 7.11 Å². The Balaban J connectivity index is 4.73. The van der Waals surface area contributed by atoms with Gasteiger partial charge in [-0.1, -0.05) is 34.6 Å². The summed E-state index contributed by atoms with van der Waals surface area (Å²) < 4.78 is 5.60. The van der Waals surface area contributed by atoms with Crippen molar-refractivity contribution in [3.05, 3.63) is 0 Å². The molecule has 2 heteroatoms. The zero-order valence-corrected chi connectivity index (χ0v) is 9.98. The second kappa shape index (κ2) is 4.43. The highest BCUT2D eigenvalue weighted by Crippen LogP contribution is 2.33. The molecule has 0 saturated heterocycles. The molecule has 0 amide bonds. The first kappa shape index (κ1) is 12.9. The number of hydrogen-bond donors (Lipinski definition) is 1. The number of hydrogen-bond acceptors (Lipinski definition) is 2. The summed E-state index contributed by atoms with van der Waals surface area (Å²) in [4.78, 5) is 0. The molecule has 80 valence electrons. The summed E-state index contributed by atoms with van der Waals surface area (Å²) in [6.07, 6.45) is 1.94. The maximum absolute atomic E-state index is 6.24. The standard InChI is InChI=1S/C11H25NO/c1-7-11(8-2,13-6)9(12)10(3,4)5/h9H,7-8,12H2,1-6H3. The molecule has 0 saturated carbocycles. The van der Waals surface area contributed by atoms with Gasteiger partial charge in [-0.15, -0.1) is 0 Å². The van der Waals surface area contributed by atoms with E-state index in [0.717, 1.165) is 12.8 Å². The minimum atomic E-state index is -0.155. The third kappa shape index (κ3) is 2.68. The molecule has 1 unspecified atom stereocenters. The summed E-state index contributed by atoms with van der Waals surface area (Å²) in [6.45, 7) is 10.8. The summed E-state index contributed by atoms with van der Waals surface area (Å²) in [6, 6.07) is 0.0833. The topological polar surface area (TPSA) is 35.2 Å². The van der Waals surface area contributed by atoms with Gasteiger partial charge in [0.25, 0.3) is 0 Å². The zero-order chi connectivity index (χ0) is 10.7. The lowest BCUT2D eigenvalue weighted by molar-refractivity contribution is -0.0635. The summed E-state index contributed by atoms with van der Waals surface area (Å²) in [5.74, 6) is 0. The van der Waals surface area contributed by atoms with Gasteiger partial charge in [-0.2, -0.15) is 0 Å². The van der Waals surface area contributed by atoms with Crippen molar-refractivity contribution < 1.29 is 4.74 Å². The van der Waals surface area contributed by atoms with Crippen LogP contribution >= 0.6 is 0 Å². The molecule has 2 nitrogen and oxygen atoms in total. The fourth-order valence-corrected chi connectivity index (χ4v) is 1.89. The van der Waals surface area contributed by atoms with Gasteiger partial charge in [0.15, 0.2) is 0 Å². The van der Waals surface area contributed by atoms with Crippen LogP contribution in [-0.4, -0.2) is 18.8 Å². The molecule has 0 rings (SSSR count). The fourth-order valence-electron chi connectivity index (χ4n) is 1.89. The molecule has 0 radical (unpaired) electrons. The van der Waals surface area contributed by atoms with Crippen LogP contribution in [0.25, 0.3) is 0 Å². The first-order valence-corrected chi connectivity index (χ1v) is 5.14. The van der Waals surface area contributed by atoms with Gasteiger partial charge in [-0.3, -0.25) is 0 Å². The van der Waals surface area contributed by atoms with E-state index in [1.165, 1.54) is 0 Å². The van der Waals surface area contributed by atoms with Crippen LogP contribution in [0.4, 0.5) is 0 Å². The van der Waals surface area contributed by atoms with Crippen molar-refractivity contribution in [3.8, 4) is 0 Å². The molecule has 1 atom stereocenters. The maximum Gasteiger partial charge on any atom is 0.0828 e. The quantitative estimate of drug-likeness (QED) is 0.734. The van der Waals surface area contributed by atoms with Crippen molar-refractivity contribution in [1.82, 2.24) is 0 Å². The minimum absolute atomic E-state index is 0.0833. The van der Waals surface area contributed by atoms with Crippen LogP contribution in [0.1, 0.15) is 47.5 Å². The molecule has 2 N–H and O–H groups in total. The van der Waals surface area contributed by atoms with E-state index < -0.39 is 0 Å². The predicted octanol–water partition coefficient (Wildman–Crippen LogP) is 2.57. The lowest BCUT2D eigenvalue weighted by Crippen LogP contribution is -2.55. The second-order valence-electron chi connectivity index (χ2n) is 4.82.